The fourth-order valence-electron chi connectivity index (χ4n) is 5.19. The van der Waals surface area contributed by atoms with Gasteiger partial charge in [-0.15, -0.1) is 0 Å². The van der Waals surface area contributed by atoms with Gasteiger partial charge in [0, 0.05) is 14.1 Å². The largest absolute Gasteiger partial charge is 0.394 e. The first-order chi connectivity index (χ1) is 21.7. The number of benzene rings is 1. The van der Waals surface area contributed by atoms with Crippen molar-refractivity contribution in [2.45, 2.75) is 95.2 Å². The lowest BCUT2D eigenvalue weighted by Gasteiger charge is -2.22. The first kappa shape index (κ1) is 35.2. The Hall–Kier alpha value is -3.68. The van der Waals surface area contributed by atoms with Gasteiger partial charge in [0.25, 0.3) is 11.8 Å². The van der Waals surface area contributed by atoms with Gasteiger partial charge in [0.2, 0.25) is 0 Å². The summed E-state index contributed by atoms with van der Waals surface area (Å²) in [6.07, 6.45) is -1.40. The van der Waals surface area contributed by atoms with Gasteiger partial charge >= 0.3 is 10.1 Å². The molecule has 4 rings (SSSR count). The van der Waals surface area contributed by atoms with E-state index in [2.05, 4.69) is 33.8 Å². The Morgan fingerprint density at radius 3 is 2.33 bits per heavy atom. The molecular formula is C31H43N7O7S. The zero-order valence-electron chi connectivity index (χ0n) is 27.4. The average molecular weight is 658 g/mol. The molecule has 46 heavy (non-hydrogen) atoms. The van der Waals surface area contributed by atoms with E-state index >= 15 is 0 Å². The normalized spacial score (nSPS) is 20.4. The van der Waals surface area contributed by atoms with Crippen LogP contribution < -0.4 is 4.18 Å². The Bertz CT molecular complexity index is 1680. The molecule has 1 aliphatic rings. The van der Waals surface area contributed by atoms with E-state index in [0.717, 1.165) is 5.56 Å². The molecule has 250 valence electrons. The van der Waals surface area contributed by atoms with Crippen molar-refractivity contribution in [3.8, 4) is 11.9 Å². The van der Waals surface area contributed by atoms with Crippen molar-refractivity contribution < 1.29 is 32.3 Å². The average Bonchev–Trinajstić information content (AvgIpc) is 3.55. The van der Waals surface area contributed by atoms with Crippen LogP contribution in [0.3, 0.4) is 0 Å². The van der Waals surface area contributed by atoms with E-state index in [0.29, 0.717) is 11.1 Å². The molecule has 0 spiro atoms. The summed E-state index contributed by atoms with van der Waals surface area (Å²) in [4.78, 5) is 19.3. The van der Waals surface area contributed by atoms with Crippen molar-refractivity contribution in [2.75, 3.05) is 27.3 Å². The Labute approximate surface area is 269 Å². The molecular weight excluding hydrogens is 614 g/mol. The van der Waals surface area contributed by atoms with Crippen LogP contribution in [0.2, 0.25) is 0 Å². The lowest BCUT2D eigenvalue weighted by Crippen LogP contribution is -2.35. The van der Waals surface area contributed by atoms with Crippen LogP contribution >= 0.6 is 0 Å². The number of aliphatic hydroxyl groups is 2. The van der Waals surface area contributed by atoms with Gasteiger partial charge < -0.3 is 28.8 Å². The third-order valence-electron chi connectivity index (χ3n) is 7.59. The van der Waals surface area contributed by atoms with Crippen LogP contribution in [-0.2, 0) is 19.6 Å². The topological polar surface area (TPSA) is 185 Å². The number of fused-ring (bicyclic) bond motifs is 1. The number of aromatic nitrogens is 4. The van der Waals surface area contributed by atoms with Crippen LogP contribution in [0, 0.1) is 11.3 Å². The number of hydrogen-bond donors (Lipinski definition) is 2. The SMILES string of the molecule is CC(C)c1cc(C(C)C)c(S(=O)(=O)Oc2nc(N=CN(C)C)nc3c2ncn3[C@@H]2O[C@H](CO)C(O)C2OCCC#N)c(C(C)C)c1. The predicted molar refractivity (Wildman–Crippen MR) is 171 cm³/mol. The molecule has 1 saturated heterocycles. The fraction of sp³-hybridized carbons (Fsp3) is 0.581. The predicted octanol–water partition coefficient (Wildman–Crippen LogP) is 3.74. The summed E-state index contributed by atoms with van der Waals surface area (Å²) in [5.41, 5.74) is 2.40. The quantitative estimate of drug-likeness (QED) is 0.118. The Balaban J connectivity index is 1.89. The zero-order chi connectivity index (χ0) is 33.9. The molecule has 3 heterocycles. The summed E-state index contributed by atoms with van der Waals surface area (Å²) < 4.78 is 47.5. The molecule has 0 amide bonds. The van der Waals surface area contributed by atoms with Crippen LogP contribution in [0.1, 0.15) is 88.6 Å². The number of nitrogens with zero attached hydrogens (tertiary/aromatic N) is 7. The van der Waals surface area contributed by atoms with E-state index in [9.17, 15) is 18.6 Å². The van der Waals surface area contributed by atoms with E-state index in [4.69, 9.17) is 18.9 Å². The molecule has 0 bridgehead atoms. The number of nitriles is 1. The Morgan fingerprint density at radius 1 is 1.13 bits per heavy atom. The number of aliphatic imine (C=N–C) groups is 1. The van der Waals surface area contributed by atoms with Gasteiger partial charge in [0.05, 0.1) is 38.4 Å². The van der Waals surface area contributed by atoms with Crippen molar-refractivity contribution >= 4 is 33.6 Å². The van der Waals surface area contributed by atoms with E-state index in [1.165, 1.54) is 17.2 Å². The van der Waals surface area contributed by atoms with Crippen molar-refractivity contribution in [3.05, 3.63) is 35.2 Å². The van der Waals surface area contributed by atoms with Crippen LogP contribution in [0.4, 0.5) is 5.95 Å². The third-order valence-corrected chi connectivity index (χ3v) is 8.94. The van der Waals surface area contributed by atoms with Gasteiger partial charge in [-0.3, -0.25) is 4.57 Å². The van der Waals surface area contributed by atoms with E-state index < -0.39 is 41.3 Å². The highest BCUT2D eigenvalue weighted by Gasteiger charge is 2.46. The maximum absolute atomic E-state index is 14.2. The minimum atomic E-state index is -4.47. The number of aliphatic hydroxyl groups excluding tert-OH is 2. The fourth-order valence-corrected chi connectivity index (χ4v) is 6.76. The van der Waals surface area contributed by atoms with Crippen LogP contribution in [0.15, 0.2) is 28.3 Å². The molecule has 2 aromatic heterocycles. The molecule has 1 fully saturated rings. The highest BCUT2D eigenvalue weighted by atomic mass is 32.2. The number of imidazole rings is 1. The van der Waals surface area contributed by atoms with Gasteiger partial charge in [-0.25, -0.2) is 9.98 Å². The molecule has 0 aliphatic carbocycles. The molecule has 0 radical (unpaired) electrons. The lowest BCUT2D eigenvalue weighted by atomic mass is 9.89. The number of ether oxygens (including phenoxy) is 2. The first-order valence-corrected chi connectivity index (χ1v) is 16.6. The molecule has 14 nitrogen and oxygen atoms in total. The van der Waals surface area contributed by atoms with Crippen molar-refractivity contribution in [1.82, 2.24) is 24.4 Å². The summed E-state index contributed by atoms with van der Waals surface area (Å²) in [7, 11) is -0.961. The summed E-state index contributed by atoms with van der Waals surface area (Å²) in [5, 5.41) is 29.6. The second kappa shape index (κ2) is 14.4. The molecule has 0 saturated carbocycles. The standard InChI is InChI=1S/C31H43N7O7S/c1-17(2)20-12-21(18(3)4)27(22(13-20)19(5)6)46(41,42)45-29-24-28(35-31(36-29)34-15-37(7)8)38(16-33-24)30-26(43-11-9-10-32)25(40)23(14-39)44-30/h12-13,15-19,23,25-26,30,39-40H,9,11,14H2,1-8H3/t23-,25?,26?,30-/m1/s1. The third kappa shape index (κ3) is 7.31. The van der Waals surface area contributed by atoms with Gasteiger partial charge in [0.15, 0.2) is 17.4 Å². The summed E-state index contributed by atoms with van der Waals surface area (Å²) in [6, 6.07) is 5.82. The van der Waals surface area contributed by atoms with E-state index in [-0.39, 0.29) is 58.7 Å². The monoisotopic (exact) mass is 657 g/mol. The first-order valence-electron chi connectivity index (χ1n) is 15.2. The minimum Gasteiger partial charge on any atom is -0.394 e. The van der Waals surface area contributed by atoms with Gasteiger partial charge in [-0.1, -0.05) is 53.7 Å². The highest BCUT2D eigenvalue weighted by Crippen LogP contribution is 2.39. The maximum Gasteiger partial charge on any atom is 0.341 e. The van der Waals surface area contributed by atoms with Gasteiger partial charge in [0.1, 0.15) is 23.2 Å². The van der Waals surface area contributed by atoms with E-state index in [1.807, 2.05) is 45.9 Å². The minimum absolute atomic E-state index is 0.00434. The molecule has 4 atom stereocenters. The lowest BCUT2D eigenvalue weighted by molar-refractivity contribution is -0.0693. The molecule has 2 N–H and O–H groups in total. The number of hydrogen-bond acceptors (Lipinski definition) is 12. The van der Waals surface area contributed by atoms with E-state index in [1.54, 1.807) is 19.0 Å². The molecule has 3 aromatic rings. The highest BCUT2D eigenvalue weighted by molar-refractivity contribution is 7.87. The van der Waals surface area contributed by atoms with Crippen LogP contribution in [-0.4, -0.2) is 95.0 Å². The maximum atomic E-state index is 14.2. The smallest absolute Gasteiger partial charge is 0.341 e. The molecule has 2 unspecified atom stereocenters. The van der Waals surface area contributed by atoms with Gasteiger partial charge in [-0.05, 0) is 34.4 Å². The summed E-state index contributed by atoms with van der Waals surface area (Å²) in [5.74, 6) is -0.526. The summed E-state index contributed by atoms with van der Waals surface area (Å²) in [6.45, 7) is 11.4. The zero-order valence-corrected chi connectivity index (χ0v) is 28.3. The molecule has 15 heteroatoms. The van der Waals surface area contributed by atoms with Gasteiger partial charge in [-0.2, -0.15) is 23.6 Å². The second-order valence-electron chi connectivity index (χ2n) is 12.4. The summed E-state index contributed by atoms with van der Waals surface area (Å²) >= 11 is 0. The Kier molecular flexibility index (Phi) is 11.0. The van der Waals surface area contributed by atoms with Crippen molar-refractivity contribution in [3.63, 3.8) is 0 Å². The second-order valence-corrected chi connectivity index (χ2v) is 13.9. The van der Waals surface area contributed by atoms with Crippen molar-refractivity contribution in [1.29, 1.82) is 5.26 Å². The Morgan fingerprint density at radius 2 is 1.78 bits per heavy atom. The van der Waals surface area contributed by atoms with Crippen LogP contribution in [0.25, 0.3) is 11.2 Å². The number of rotatable bonds is 13. The van der Waals surface area contributed by atoms with Crippen molar-refractivity contribution in [2.24, 2.45) is 4.99 Å². The molecule has 1 aliphatic heterocycles. The van der Waals surface area contributed by atoms with Crippen LogP contribution in [0.5, 0.6) is 5.88 Å². The molecule has 1 aromatic carbocycles.